The van der Waals surface area contributed by atoms with Gasteiger partial charge in [-0.15, -0.1) is 0 Å². The number of aliphatic hydroxyl groups is 1. The van der Waals surface area contributed by atoms with Gasteiger partial charge in [0.1, 0.15) is 0 Å². The maximum Gasteiger partial charge on any atom is 0.331 e. The molecule has 226 valence electrons. The highest BCUT2D eigenvalue weighted by Crippen LogP contribution is 2.14. The number of amides is 1. The van der Waals surface area contributed by atoms with E-state index < -0.39 is 18.6 Å². The second-order valence-electron chi connectivity index (χ2n) is 11.4. The van der Waals surface area contributed by atoms with E-state index in [0.717, 1.165) is 32.1 Å². The van der Waals surface area contributed by atoms with E-state index in [1.165, 1.54) is 128 Å². The summed E-state index contributed by atoms with van der Waals surface area (Å²) in [6.07, 6.45) is 32.0. The van der Waals surface area contributed by atoms with Crippen molar-refractivity contribution in [2.45, 2.75) is 187 Å². The van der Waals surface area contributed by atoms with E-state index in [4.69, 9.17) is 4.74 Å². The molecule has 0 radical (unpaired) electrons. The zero-order valence-corrected chi connectivity index (χ0v) is 25.5. The maximum absolute atomic E-state index is 12.2. The Hall–Kier alpha value is -1.10. The number of hydrogen-bond donors (Lipinski definition) is 2. The summed E-state index contributed by atoms with van der Waals surface area (Å²) in [6, 6.07) is -0.943. The van der Waals surface area contributed by atoms with Crippen LogP contribution in [0.15, 0.2) is 0 Å². The average molecular weight is 540 g/mol. The van der Waals surface area contributed by atoms with Crippen LogP contribution < -0.4 is 5.32 Å². The largest absolute Gasteiger partial charge is 0.464 e. The average Bonchev–Trinajstić information content (AvgIpc) is 2.92. The molecule has 1 atom stereocenters. The molecular formula is C33H65NO4. The first-order valence-electron chi connectivity index (χ1n) is 16.7. The molecule has 1 amide bonds. The Morgan fingerprint density at radius 1 is 0.553 bits per heavy atom. The van der Waals surface area contributed by atoms with Crippen molar-refractivity contribution >= 4 is 11.9 Å². The fourth-order valence-electron chi connectivity index (χ4n) is 4.97. The van der Waals surface area contributed by atoms with Crippen LogP contribution in [0.3, 0.4) is 0 Å². The van der Waals surface area contributed by atoms with Crippen LogP contribution in [0.1, 0.15) is 181 Å². The first kappa shape index (κ1) is 36.9. The monoisotopic (exact) mass is 539 g/mol. The number of aliphatic hydroxyl groups excluding tert-OH is 1. The highest BCUT2D eigenvalue weighted by molar-refractivity contribution is 5.84. The van der Waals surface area contributed by atoms with Crippen LogP contribution in [0.4, 0.5) is 0 Å². The van der Waals surface area contributed by atoms with E-state index >= 15 is 0 Å². The third-order valence-corrected chi connectivity index (χ3v) is 7.55. The van der Waals surface area contributed by atoms with Crippen LogP contribution in [-0.2, 0) is 14.3 Å². The maximum atomic E-state index is 12.2. The number of hydrogen-bond acceptors (Lipinski definition) is 4. The number of esters is 1. The summed E-state index contributed by atoms with van der Waals surface area (Å²) in [6.45, 7) is 4.46. The highest BCUT2D eigenvalue weighted by atomic mass is 16.5. The van der Waals surface area contributed by atoms with Crippen molar-refractivity contribution in [2.24, 2.45) is 0 Å². The van der Waals surface area contributed by atoms with Gasteiger partial charge < -0.3 is 15.2 Å². The Kier molecular flexibility index (Phi) is 29.6. The molecule has 0 aromatic rings. The van der Waals surface area contributed by atoms with Crippen LogP contribution in [-0.4, -0.2) is 36.2 Å². The number of nitrogens with one attached hydrogen (secondary N) is 1. The van der Waals surface area contributed by atoms with Gasteiger partial charge in [-0.1, -0.05) is 162 Å². The molecule has 5 heteroatoms. The molecule has 5 nitrogen and oxygen atoms in total. The predicted octanol–water partition coefficient (Wildman–Crippen LogP) is 9.19. The molecule has 2 N–H and O–H groups in total. The van der Waals surface area contributed by atoms with E-state index in [-0.39, 0.29) is 5.91 Å². The first-order chi connectivity index (χ1) is 18.7. The Bertz CT molecular complexity index is 511. The fraction of sp³-hybridized carbons (Fsp3) is 0.939. The van der Waals surface area contributed by atoms with Gasteiger partial charge in [0.15, 0.2) is 6.04 Å². The lowest BCUT2D eigenvalue weighted by molar-refractivity contribution is -0.149. The molecule has 0 fully saturated rings. The Labute approximate surface area is 236 Å². The molecule has 0 spiro atoms. The Morgan fingerprint density at radius 3 is 1.26 bits per heavy atom. The molecule has 0 heterocycles. The molecule has 0 bridgehead atoms. The van der Waals surface area contributed by atoms with Gasteiger partial charge in [0.2, 0.25) is 5.91 Å². The summed E-state index contributed by atoms with van der Waals surface area (Å²) >= 11 is 0. The van der Waals surface area contributed by atoms with Gasteiger partial charge in [0, 0.05) is 6.42 Å². The topological polar surface area (TPSA) is 75.6 Å². The molecule has 38 heavy (non-hydrogen) atoms. The van der Waals surface area contributed by atoms with E-state index in [0.29, 0.717) is 13.0 Å². The quantitative estimate of drug-likeness (QED) is 0.0704. The van der Waals surface area contributed by atoms with Crippen molar-refractivity contribution in [2.75, 3.05) is 13.2 Å². The van der Waals surface area contributed by atoms with Crippen LogP contribution >= 0.6 is 0 Å². The van der Waals surface area contributed by atoms with Gasteiger partial charge in [0.05, 0.1) is 13.2 Å². The van der Waals surface area contributed by atoms with Gasteiger partial charge in [-0.2, -0.15) is 0 Å². The van der Waals surface area contributed by atoms with Crippen LogP contribution in [0.2, 0.25) is 0 Å². The molecule has 0 aliphatic carbocycles. The minimum absolute atomic E-state index is 0.172. The summed E-state index contributed by atoms with van der Waals surface area (Å²) in [5.41, 5.74) is 0. The van der Waals surface area contributed by atoms with Gasteiger partial charge >= 0.3 is 5.97 Å². The number of rotatable bonds is 30. The number of carbonyl (C=O) groups excluding carboxylic acids is 2. The van der Waals surface area contributed by atoms with Gasteiger partial charge in [0.25, 0.3) is 0 Å². The lowest BCUT2D eigenvalue weighted by atomic mass is 10.0. The lowest BCUT2D eigenvalue weighted by Crippen LogP contribution is -2.44. The first-order valence-corrected chi connectivity index (χ1v) is 16.7. The summed E-state index contributed by atoms with van der Waals surface area (Å²) in [7, 11) is 0. The second kappa shape index (κ2) is 30.4. The Morgan fingerprint density at radius 2 is 0.895 bits per heavy atom. The SMILES string of the molecule is CCCCCCCCCCCCCCCC(=O)NC(CO)C(=O)OCCCCCCCCCCCCCC. The molecule has 0 aliphatic rings. The van der Waals surface area contributed by atoms with E-state index in [1.54, 1.807) is 0 Å². The summed E-state index contributed by atoms with van der Waals surface area (Å²) in [5, 5.41) is 12.2. The fourth-order valence-corrected chi connectivity index (χ4v) is 4.97. The number of ether oxygens (including phenoxy) is 1. The van der Waals surface area contributed by atoms with Crippen molar-refractivity contribution in [3.05, 3.63) is 0 Å². The molecule has 0 aromatic carbocycles. The van der Waals surface area contributed by atoms with E-state index in [2.05, 4.69) is 19.2 Å². The van der Waals surface area contributed by atoms with Crippen molar-refractivity contribution in [1.29, 1.82) is 0 Å². The van der Waals surface area contributed by atoms with Crippen molar-refractivity contribution in [3.63, 3.8) is 0 Å². The zero-order chi connectivity index (χ0) is 27.9. The minimum Gasteiger partial charge on any atom is -0.464 e. The molecule has 1 unspecified atom stereocenters. The van der Waals surface area contributed by atoms with Gasteiger partial charge in [-0.05, 0) is 12.8 Å². The second-order valence-corrected chi connectivity index (χ2v) is 11.4. The number of unbranched alkanes of at least 4 members (excludes halogenated alkanes) is 23. The third kappa shape index (κ3) is 26.5. The van der Waals surface area contributed by atoms with Crippen LogP contribution in [0.5, 0.6) is 0 Å². The standard InChI is InChI=1S/C33H65NO4/c1-3-5-7-9-11-13-15-17-18-20-22-24-26-28-32(36)34-31(30-35)33(37)38-29-27-25-23-21-19-16-14-12-10-8-6-4-2/h31,35H,3-30H2,1-2H3,(H,34,36). The predicted molar refractivity (Wildman–Crippen MR) is 161 cm³/mol. The molecule has 0 rings (SSSR count). The lowest BCUT2D eigenvalue weighted by Gasteiger charge is -2.15. The Balaban J connectivity index is 3.56. The van der Waals surface area contributed by atoms with Crippen molar-refractivity contribution < 1.29 is 19.4 Å². The van der Waals surface area contributed by atoms with Gasteiger partial charge in [-0.3, -0.25) is 4.79 Å². The summed E-state index contributed by atoms with van der Waals surface area (Å²) in [4.78, 5) is 24.4. The van der Waals surface area contributed by atoms with E-state index in [9.17, 15) is 14.7 Å². The zero-order valence-electron chi connectivity index (χ0n) is 25.5. The normalized spacial score (nSPS) is 12.0. The smallest absolute Gasteiger partial charge is 0.331 e. The molecular weight excluding hydrogens is 474 g/mol. The van der Waals surface area contributed by atoms with Crippen molar-refractivity contribution in [3.8, 4) is 0 Å². The van der Waals surface area contributed by atoms with Crippen LogP contribution in [0.25, 0.3) is 0 Å². The van der Waals surface area contributed by atoms with Gasteiger partial charge in [-0.25, -0.2) is 4.79 Å². The van der Waals surface area contributed by atoms with Crippen molar-refractivity contribution in [1.82, 2.24) is 5.32 Å². The molecule has 0 aromatic heterocycles. The molecule has 0 saturated carbocycles. The van der Waals surface area contributed by atoms with Crippen LogP contribution in [0, 0.1) is 0 Å². The molecule has 0 saturated heterocycles. The summed E-state index contributed by atoms with van der Waals surface area (Å²) in [5.74, 6) is -0.691. The number of carbonyl (C=O) groups is 2. The minimum atomic E-state index is -0.943. The van der Waals surface area contributed by atoms with E-state index in [1.807, 2.05) is 0 Å². The summed E-state index contributed by atoms with van der Waals surface area (Å²) < 4.78 is 5.30. The molecule has 0 aliphatic heterocycles. The highest BCUT2D eigenvalue weighted by Gasteiger charge is 2.21. The third-order valence-electron chi connectivity index (χ3n) is 7.55.